The molecule has 0 radical (unpaired) electrons. The van der Waals surface area contributed by atoms with Gasteiger partial charge in [-0.3, -0.25) is 0 Å². The van der Waals surface area contributed by atoms with Crippen molar-refractivity contribution in [1.29, 1.82) is 0 Å². The number of sulfonamides is 1. The zero-order chi connectivity index (χ0) is 18.0. The smallest absolute Gasteiger partial charge is 0.321 e. The van der Waals surface area contributed by atoms with Crippen molar-refractivity contribution in [3.05, 3.63) is 24.3 Å². The fourth-order valence-corrected chi connectivity index (χ4v) is 4.48. The van der Waals surface area contributed by atoms with Crippen LogP contribution >= 0.6 is 0 Å². The van der Waals surface area contributed by atoms with Gasteiger partial charge in [-0.15, -0.1) is 0 Å². The number of amides is 2. The topological polar surface area (TPSA) is 79.4 Å². The normalized spacial score (nSPS) is 22.2. The number of methoxy groups -OCH3 is 1. The van der Waals surface area contributed by atoms with Crippen molar-refractivity contribution in [3.8, 4) is 5.75 Å². The second kappa shape index (κ2) is 7.19. The lowest BCUT2D eigenvalue weighted by Gasteiger charge is -2.32. The minimum Gasteiger partial charge on any atom is -0.497 e. The molecule has 8 nitrogen and oxygen atoms in total. The summed E-state index contributed by atoms with van der Waals surface area (Å²) < 4.78 is 37.3. The fourth-order valence-electron chi connectivity index (χ4n) is 3.02. The standard InChI is InChI=1S/C16H23N3O5S/c1-13-11-18(12-19(13)16(20)17-7-9-24-10-8-17)25(21,22)15-5-3-14(23-2)4-6-15/h3-6,13H,7-12H2,1-2H3/t13-/m1/s1. The van der Waals surface area contributed by atoms with Gasteiger partial charge >= 0.3 is 6.03 Å². The first-order valence-electron chi connectivity index (χ1n) is 8.21. The van der Waals surface area contributed by atoms with Gasteiger partial charge in [0.05, 0.1) is 31.9 Å². The van der Waals surface area contributed by atoms with Crippen molar-refractivity contribution < 1.29 is 22.7 Å². The molecule has 0 spiro atoms. The lowest BCUT2D eigenvalue weighted by Crippen LogP contribution is -2.49. The number of carbonyl (C=O) groups is 1. The molecule has 0 aromatic heterocycles. The summed E-state index contributed by atoms with van der Waals surface area (Å²) in [5, 5.41) is 0. The molecule has 138 valence electrons. The molecule has 2 aliphatic heterocycles. The zero-order valence-electron chi connectivity index (χ0n) is 14.4. The van der Waals surface area contributed by atoms with Crippen LogP contribution in [0.3, 0.4) is 0 Å². The Hall–Kier alpha value is -1.84. The highest BCUT2D eigenvalue weighted by molar-refractivity contribution is 7.89. The van der Waals surface area contributed by atoms with Crippen molar-refractivity contribution >= 4 is 16.1 Å². The zero-order valence-corrected chi connectivity index (χ0v) is 15.2. The second-order valence-corrected chi connectivity index (χ2v) is 8.10. The number of nitrogens with zero attached hydrogens (tertiary/aromatic N) is 3. The van der Waals surface area contributed by atoms with E-state index in [9.17, 15) is 13.2 Å². The molecular weight excluding hydrogens is 346 g/mol. The van der Waals surface area contributed by atoms with Crippen molar-refractivity contribution in [2.75, 3.05) is 46.6 Å². The number of ether oxygens (including phenoxy) is 2. The number of carbonyl (C=O) groups excluding carboxylic acids is 1. The van der Waals surface area contributed by atoms with Crippen molar-refractivity contribution in [2.24, 2.45) is 0 Å². The maximum Gasteiger partial charge on any atom is 0.321 e. The number of rotatable bonds is 3. The summed E-state index contributed by atoms with van der Waals surface area (Å²) in [6.45, 7) is 4.31. The van der Waals surface area contributed by atoms with E-state index in [0.717, 1.165) is 0 Å². The van der Waals surface area contributed by atoms with Gasteiger partial charge in [0.25, 0.3) is 0 Å². The molecule has 2 heterocycles. The molecule has 1 atom stereocenters. The Morgan fingerprint density at radius 2 is 1.84 bits per heavy atom. The van der Waals surface area contributed by atoms with Crippen LogP contribution in [0.15, 0.2) is 29.2 Å². The lowest BCUT2D eigenvalue weighted by molar-refractivity contribution is 0.0424. The molecular formula is C16H23N3O5S. The first-order chi connectivity index (χ1) is 11.9. The highest BCUT2D eigenvalue weighted by Gasteiger charge is 2.39. The van der Waals surface area contributed by atoms with Gasteiger partial charge in [0.1, 0.15) is 5.75 Å². The van der Waals surface area contributed by atoms with Gasteiger partial charge in [-0.2, -0.15) is 4.31 Å². The van der Waals surface area contributed by atoms with Crippen molar-refractivity contribution in [2.45, 2.75) is 17.9 Å². The van der Waals surface area contributed by atoms with Gasteiger partial charge in [-0.05, 0) is 31.2 Å². The van der Waals surface area contributed by atoms with E-state index >= 15 is 0 Å². The first kappa shape index (κ1) is 18.0. The number of urea groups is 1. The van der Waals surface area contributed by atoms with E-state index in [0.29, 0.717) is 32.1 Å². The van der Waals surface area contributed by atoms with E-state index in [1.165, 1.54) is 23.5 Å². The molecule has 25 heavy (non-hydrogen) atoms. The number of benzene rings is 1. The quantitative estimate of drug-likeness (QED) is 0.787. The molecule has 0 N–H and O–H groups in total. The average molecular weight is 369 g/mol. The van der Waals surface area contributed by atoms with Crippen LogP contribution in [0.25, 0.3) is 0 Å². The van der Waals surface area contributed by atoms with Gasteiger partial charge < -0.3 is 19.3 Å². The summed E-state index contributed by atoms with van der Waals surface area (Å²) in [5.41, 5.74) is 0. The summed E-state index contributed by atoms with van der Waals surface area (Å²) in [6, 6.07) is 5.95. The Balaban J connectivity index is 1.74. The largest absolute Gasteiger partial charge is 0.497 e. The van der Waals surface area contributed by atoms with E-state index < -0.39 is 10.0 Å². The molecule has 2 amide bonds. The van der Waals surface area contributed by atoms with Crippen LogP contribution in [-0.2, 0) is 14.8 Å². The molecule has 0 saturated carbocycles. The van der Waals surface area contributed by atoms with Crippen LogP contribution in [-0.4, -0.2) is 81.2 Å². The molecule has 9 heteroatoms. The van der Waals surface area contributed by atoms with Gasteiger partial charge in [-0.25, -0.2) is 13.2 Å². The third kappa shape index (κ3) is 3.58. The van der Waals surface area contributed by atoms with E-state index in [1.807, 2.05) is 6.92 Å². The highest BCUT2D eigenvalue weighted by Crippen LogP contribution is 2.25. The molecule has 0 bridgehead atoms. The summed E-state index contributed by atoms with van der Waals surface area (Å²) in [5.74, 6) is 0.595. The molecule has 2 aliphatic rings. The number of morpholine rings is 1. The Labute approximate surface area is 147 Å². The van der Waals surface area contributed by atoms with Crippen LogP contribution in [0.2, 0.25) is 0 Å². The number of hydrogen-bond donors (Lipinski definition) is 0. The average Bonchev–Trinajstić information content (AvgIpc) is 3.04. The highest BCUT2D eigenvalue weighted by atomic mass is 32.2. The van der Waals surface area contributed by atoms with Crippen LogP contribution in [0.1, 0.15) is 6.92 Å². The van der Waals surface area contributed by atoms with Gasteiger partial charge in [0.2, 0.25) is 10.0 Å². The van der Waals surface area contributed by atoms with Crippen LogP contribution in [0, 0.1) is 0 Å². The summed E-state index contributed by atoms with van der Waals surface area (Å²) >= 11 is 0. The number of hydrogen-bond acceptors (Lipinski definition) is 5. The van der Waals surface area contributed by atoms with E-state index in [1.54, 1.807) is 21.9 Å². The summed E-state index contributed by atoms with van der Waals surface area (Å²) in [6.07, 6.45) is 0. The molecule has 0 aliphatic carbocycles. The first-order valence-corrected chi connectivity index (χ1v) is 9.65. The van der Waals surface area contributed by atoms with Crippen LogP contribution in [0.5, 0.6) is 5.75 Å². The van der Waals surface area contributed by atoms with E-state index in [2.05, 4.69) is 0 Å². The molecule has 3 rings (SSSR count). The Morgan fingerprint density at radius 3 is 2.44 bits per heavy atom. The lowest BCUT2D eigenvalue weighted by atomic mass is 10.3. The molecule has 1 aromatic rings. The molecule has 1 aromatic carbocycles. The third-order valence-electron chi connectivity index (χ3n) is 4.53. The van der Waals surface area contributed by atoms with E-state index in [4.69, 9.17) is 9.47 Å². The Bertz CT molecular complexity index is 716. The SMILES string of the molecule is COc1ccc(S(=O)(=O)N2C[C@@H](C)N(C(=O)N3CCOCC3)C2)cc1. The van der Waals surface area contributed by atoms with Gasteiger partial charge in [0, 0.05) is 25.7 Å². The summed E-state index contributed by atoms with van der Waals surface area (Å²) in [4.78, 5) is 16.2. The molecule has 0 unspecified atom stereocenters. The van der Waals surface area contributed by atoms with E-state index in [-0.39, 0.29) is 30.2 Å². The van der Waals surface area contributed by atoms with Crippen LogP contribution < -0.4 is 4.74 Å². The minimum atomic E-state index is -3.65. The Kier molecular flexibility index (Phi) is 5.16. The van der Waals surface area contributed by atoms with Crippen molar-refractivity contribution in [1.82, 2.24) is 14.1 Å². The fraction of sp³-hybridized carbons (Fsp3) is 0.562. The predicted octanol–water partition coefficient (Wildman–Crippen LogP) is 0.800. The van der Waals surface area contributed by atoms with Crippen LogP contribution in [0.4, 0.5) is 4.79 Å². The third-order valence-corrected chi connectivity index (χ3v) is 6.35. The molecule has 2 saturated heterocycles. The minimum absolute atomic E-state index is 0.0612. The van der Waals surface area contributed by atoms with Crippen molar-refractivity contribution in [3.63, 3.8) is 0 Å². The van der Waals surface area contributed by atoms with Gasteiger partial charge in [0.15, 0.2) is 0 Å². The summed E-state index contributed by atoms with van der Waals surface area (Å²) in [7, 11) is -2.12. The predicted molar refractivity (Wildman–Crippen MR) is 90.8 cm³/mol. The monoisotopic (exact) mass is 369 g/mol. The Morgan fingerprint density at radius 1 is 1.20 bits per heavy atom. The maximum absolute atomic E-state index is 12.8. The van der Waals surface area contributed by atoms with Gasteiger partial charge in [-0.1, -0.05) is 0 Å². The molecule has 2 fully saturated rings. The maximum atomic E-state index is 12.8. The second-order valence-electron chi connectivity index (χ2n) is 6.16.